The molecule has 118 valence electrons. The van der Waals surface area contributed by atoms with Crippen LogP contribution in [0.25, 0.3) is 0 Å². The Labute approximate surface area is 120 Å². The zero-order chi connectivity index (χ0) is 15.4. The zero-order valence-corrected chi connectivity index (χ0v) is 12.3. The van der Waals surface area contributed by atoms with Crippen molar-refractivity contribution < 1.29 is 19.4 Å². The average Bonchev–Trinajstić information content (AvgIpc) is 2.42. The summed E-state index contributed by atoms with van der Waals surface area (Å²) in [6, 6.07) is -0.558. The lowest BCUT2D eigenvalue weighted by atomic mass is 9.88. The molecule has 0 heterocycles. The van der Waals surface area contributed by atoms with Crippen molar-refractivity contribution in [3.8, 4) is 0 Å². The summed E-state index contributed by atoms with van der Waals surface area (Å²) >= 11 is 0. The first kappa shape index (κ1) is 19.0. The number of unbranched alkanes of at least 4 members (excludes halogenated alkanes) is 2. The summed E-state index contributed by atoms with van der Waals surface area (Å²) in [5, 5.41) is 9.29. The van der Waals surface area contributed by atoms with Gasteiger partial charge >= 0.3 is 5.97 Å². The summed E-state index contributed by atoms with van der Waals surface area (Å²) in [5.74, 6) is -1.60. The van der Waals surface area contributed by atoms with Crippen LogP contribution in [0.1, 0.15) is 45.4 Å². The molecular formula is C14H28N2O4. The molecule has 0 aromatic carbocycles. The molecule has 0 saturated carbocycles. The predicted molar refractivity (Wildman–Crippen MR) is 77.3 cm³/mol. The maximum atomic E-state index is 11.3. The van der Waals surface area contributed by atoms with Crippen LogP contribution in [0.5, 0.6) is 0 Å². The Morgan fingerprint density at radius 3 is 2.50 bits per heavy atom. The summed E-state index contributed by atoms with van der Waals surface area (Å²) in [5.41, 5.74) is 11.5. The Kier molecular flexibility index (Phi) is 11.2. The molecule has 0 saturated heterocycles. The van der Waals surface area contributed by atoms with Crippen molar-refractivity contribution in [3.63, 3.8) is 0 Å². The minimum absolute atomic E-state index is 0.274. The molecule has 6 heteroatoms. The van der Waals surface area contributed by atoms with Crippen LogP contribution in [0, 0.1) is 5.92 Å². The first-order valence-corrected chi connectivity index (χ1v) is 7.32. The summed E-state index contributed by atoms with van der Waals surface area (Å²) in [7, 11) is 0. The minimum atomic E-state index is -0.924. The molecule has 0 spiro atoms. The largest absolute Gasteiger partial charge is 0.481 e. The van der Waals surface area contributed by atoms with E-state index in [-0.39, 0.29) is 6.10 Å². The van der Waals surface area contributed by atoms with E-state index in [0.717, 1.165) is 19.1 Å². The number of carbonyl (C=O) groups is 2. The first-order valence-electron chi connectivity index (χ1n) is 7.32. The molecule has 0 rings (SSSR count). The number of rotatable bonds is 13. The highest BCUT2D eigenvalue weighted by molar-refractivity contribution is 5.71. The molecule has 0 aromatic heterocycles. The molecule has 3 atom stereocenters. The van der Waals surface area contributed by atoms with Crippen LogP contribution >= 0.6 is 0 Å². The number of carbonyl (C=O) groups excluding carboxylic acids is 1. The quantitative estimate of drug-likeness (QED) is 0.343. The zero-order valence-electron chi connectivity index (χ0n) is 12.3. The van der Waals surface area contributed by atoms with Gasteiger partial charge in [0.05, 0.1) is 12.0 Å². The topological polar surface area (TPSA) is 116 Å². The number of carboxylic acids is 1. The average molecular weight is 288 g/mol. The van der Waals surface area contributed by atoms with Gasteiger partial charge in [-0.1, -0.05) is 0 Å². The first-order chi connectivity index (χ1) is 9.58. The van der Waals surface area contributed by atoms with Crippen LogP contribution in [0.15, 0.2) is 0 Å². The molecule has 0 bridgehead atoms. The monoisotopic (exact) mass is 288 g/mol. The van der Waals surface area contributed by atoms with Gasteiger partial charge in [0.2, 0.25) is 0 Å². The van der Waals surface area contributed by atoms with Crippen molar-refractivity contribution >= 4 is 12.3 Å². The summed E-state index contributed by atoms with van der Waals surface area (Å²) < 4.78 is 5.59. The molecule has 0 aliphatic carbocycles. The third kappa shape index (κ3) is 7.57. The van der Waals surface area contributed by atoms with Gasteiger partial charge < -0.3 is 26.1 Å². The highest BCUT2D eigenvalue weighted by Crippen LogP contribution is 2.19. The number of hydrogen-bond acceptors (Lipinski definition) is 5. The van der Waals surface area contributed by atoms with E-state index in [1.165, 1.54) is 0 Å². The lowest BCUT2D eigenvalue weighted by Gasteiger charge is -2.28. The van der Waals surface area contributed by atoms with Crippen LogP contribution in [-0.4, -0.2) is 42.7 Å². The Morgan fingerprint density at radius 1 is 1.30 bits per heavy atom. The Bertz CT molecular complexity index is 274. The number of nitrogens with two attached hydrogens (primary N) is 2. The SMILES string of the molecule is CCOC(CCCCN)C(N)[C@H](CCCC=O)C(=O)O. The highest BCUT2D eigenvalue weighted by atomic mass is 16.5. The van der Waals surface area contributed by atoms with Crippen molar-refractivity contribution in [3.05, 3.63) is 0 Å². The van der Waals surface area contributed by atoms with Crippen LogP contribution in [0.2, 0.25) is 0 Å². The smallest absolute Gasteiger partial charge is 0.308 e. The molecule has 0 fully saturated rings. The normalized spacial score (nSPS) is 15.6. The van der Waals surface area contributed by atoms with E-state index >= 15 is 0 Å². The van der Waals surface area contributed by atoms with Gasteiger partial charge in [-0.15, -0.1) is 0 Å². The fraction of sp³-hybridized carbons (Fsp3) is 0.857. The number of aldehydes is 1. The third-order valence-corrected chi connectivity index (χ3v) is 3.37. The van der Waals surface area contributed by atoms with Gasteiger partial charge in [0.25, 0.3) is 0 Å². The van der Waals surface area contributed by atoms with Gasteiger partial charge in [-0.05, 0) is 45.6 Å². The fourth-order valence-electron chi connectivity index (χ4n) is 2.25. The Balaban J connectivity index is 4.54. The fourth-order valence-corrected chi connectivity index (χ4v) is 2.25. The Hall–Kier alpha value is -0.980. The maximum absolute atomic E-state index is 11.3. The van der Waals surface area contributed by atoms with E-state index < -0.39 is 17.9 Å². The molecule has 0 aliphatic rings. The lowest BCUT2D eigenvalue weighted by Crippen LogP contribution is -2.46. The summed E-state index contributed by atoms with van der Waals surface area (Å²) in [6.45, 7) is 2.97. The predicted octanol–water partition coefficient (Wildman–Crippen LogP) is 0.918. The molecule has 0 amide bonds. The highest BCUT2D eigenvalue weighted by Gasteiger charge is 2.31. The number of hydrogen-bond donors (Lipinski definition) is 3. The summed E-state index contributed by atoms with van der Waals surface area (Å²) in [4.78, 5) is 21.7. The van der Waals surface area contributed by atoms with E-state index in [0.29, 0.717) is 38.8 Å². The van der Waals surface area contributed by atoms with Gasteiger partial charge in [0.1, 0.15) is 6.29 Å². The van der Waals surface area contributed by atoms with Crippen molar-refractivity contribution in [1.82, 2.24) is 0 Å². The van der Waals surface area contributed by atoms with E-state index in [2.05, 4.69) is 0 Å². The van der Waals surface area contributed by atoms with Gasteiger partial charge in [-0.25, -0.2) is 0 Å². The third-order valence-electron chi connectivity index (χ3n) is 3.37. The summed E-state index contributed by atoms with van der Waals surface area (Å²) in [6.07, 6.45) is 4.28. The molecule has 6 nitrogen and oxygen atoms in total. The van der Waals surface area contributed by atoms with Crippen molar-refractivity contribution in [2.24, 2.45) is 17.4 Å². The van der Waals surface area contributed by atoms with Gasteiger partial charge in [-0.2, -0.15) is 0 Å². The molecule has 0 aliphatic heterocycles. The van der Waals surface area contributed by atoms with E-state index in [1.807, 2.05) is 6.92 Å². The lowest BCUT2D eigenvalue weighted by molar-refractivity contribution is -0.144. The second-order valence-electron chi connectivity index (χ2n) is 4.90. The number of aliphatic carboxylic acids is 1. The molecule has 5 N–H and O–H groups in total. The van der Waals surface area contributed by atoms with Crippen molar-refractivity contribution in [2.45, 2.75) is 57.6 Å². The molecule has 2 unspecified atom stereocenters. The second-order valence-corrected chi connectivity index (χ2v) is 4.90. The molecule has 20 heavy (non-hydrogen) atoms. The number of carboxylic acid groups (broad SMARTS) is 1. The minimum Gasteiger partial charge on any atom is -0.481 e. The van der Waals surface area contributed by atoms with Gasteiger partial charge in [-0.3, -0.25) is 4.79 Å². The second kappa shape index (κ2) is 11.8. The molecular weight excluding hydrogens is 260 g/mol. The van der Waals surface area contributed by atoms with Crippen LogP contribution in [0.3, 0.4) is 0 Å². The van der Waals surface area contributed by atoms with Crippen molar-refractivity contribution in [2.75, 3.05) is 13.2 Å². The van der Waals surface area contributed by atoms with Crippen LogP contribution in [-0.2, 0) is 14.3 Å². The maximum Gasteiger partial charge on any atom is 0.308 e. The van der Waals surface area contributed by atoms with Crippen molar-refractivity contribution in [1.29, 1.82) is 0 Å². The van der Waals surface area contributed by atoms with E-state index in [1.54, 1.807) is 0 Å². The van der Waals surface area contributed by atoms with E-state index in [9.17, 15) is 14.7 Å². The Morgan fingerprint density at radius 2 is 2.00 bits per heavy atom. The van der Waals surface area contributed by atoms with Gasteiger partial charge in [0.15, 0.2) is 0 Å². The van der Waals surface area contributed by atoms with Crippen LogP contribution < -0.4 is 11.5 Å². The van der Waals surface area contributed by atoms with Crippen LogP contribution in [0.4, 0.5) is 0 Å². The molecule has 0 aromatic rings. The molecule has 0 radical (unpaired) electrons. The standard InChI is InChI=1S/C14H28N2O4/c1-2-20-12(8-3-5-9-15)13(16)11(14(18)19)7-4-6-10-17/h10-13H,2-9,15-16H2,1H3,(H,18,19)/t11-,12?,13?/m0/s1. The van der Waals surface area contributed by atoms with E-state index in [4.69, 9.17) is 16.2 Å². The van der Waals surface area contributed by atoms with Gasteiger partial charge in [0, 0.05) is 19.1 Å². The number of ether oxygens (including phenoxy) is 1.